The Labute approximate surface area is 88.6 Å². The van der Waals surface area contributed by atoms with Crippen LogP contribution in [0.15, 0.2) is 54.6 Å². The second-order valence-electron chi connectivity index (χ2n) is 3.28. The third-order valence-corrected chi connectivity index (χ3v) is 2.21. The predicted molar refractivity (Wildman–Crippen MR) is 61.0 cm³/mol. The maximum Gasteiger partial charge on any atom is 0.117 e. The zero-order valence-electron chi connectivity index (χ0n) is 8.28. The van der Waals surface area contributed by atoms with Crippen molar-refractivity contribution in [2.45, 2.75) is 6.67 Å². The zero-order valence-corrected chi connectivity index (χ0v) is 8.28. The Hall–Kier alpha value is -1.83. The number of anilines is 2. The first kappa shape index (κ1) is 9.71. The maximum absolute atomic E-state index is 12.6. The third kappa shape index (κ3) is 2.34. The molecule has 0 aromatic heterocycles. The molecule has 0 fully saturated rings. The summed E-state index contributed by atoms with van der Waals surface area (Å²) >= 11 is 0. The van der Waals surface area contributed by atoms with E-state index in [1.54, 1.807) is 6.07 Å². The Bertz CT molecular complexity index is 426. The van der Waals surface area contributed by atoms with Crippen LogP contribution in [0.5, 0.6) is 0 Å². The van der Waals surface area contributed by atoms with E-state index in [1.165, 1.54) is 0 Å². The number of halogens is 1. The van der Waals surface area contributed by atoms with Crippen molar-refractivity contribution in [1.29, 1.82) is 0 Å². The molecule has 15 heavy (non-hydrogen) atoms. The molecule has 0 spiro atoms. The summed E-state index contributed by atoms with van der Waals surface area (Å²) in [7, 11) is 0. The molecule has 0 aliphatic rings. The molecule has 0 aliphatic carbocycles. The van der Waals surface area contributed by atoms with Gasteiger partial charge in [0, 0.05) is 16.9 Å². The van der Waals surface area contributed by atoms with Gasteiger partial charge in [-0.15, -0.1) is 0 Å². The van der Waals surface area contributed by atoms with Gasteiger partial charge in [0.05, 0.1) is 0 Å². The standard InChI is InChI=1S/C13H12FN/c14-10-11-6-4-5-9-13(11)15-12-7-2-1-3-8-12/h1-9,15H,10H2. The molecule has 0 radical (unpaired) electrons. The Balaban J connectivity index is 2.24. The summed E-state index contributed by atoms with van der Waals surface area (Å²) in [6, 6.07) is 17.1. The van der Waals surface area contributed by atoms with Crippen LogP contribution in [-0.4, -0.2) is 0 Å². The van der Waals surface area contributed by atoms with E-state index in [9.17, 15) is 4.39 Å². The van der Waals surface area contributed by atoms with Crippen molar-refractivity contribution in [3.05, 3.63) is 60.2 Å². The lowest BCUT2D eigenvalue weighted by Gasteiger charge is -2.09. The Morgan fingerprint density at radius 3 is 2.27 bits per heavy atom. The molecule has 0 atom stereocenters. The van der Waals surface area contributed by atoms with Crippen LogP contribution in [0.25, 0.3) is 0 Å². The number of nitrogens with one attached hydrogen (secondary N) is 1. The molecule has 0 aliphatic heterocycles. The van der Waals surface area contributed by atoms with Gasteiger partial charge in [0.1, 0.15) is 6.67 Å². The highest BCUT2D eigenvalue weighted by molar-refractivity contribution is 5.62. The maximum atomic E-state index is 12.6. The molecule has 1 nitrogen and oxygen atoms in total. The van der Waals surface area contributed by atoms with Crippen LogP contribution in [0.4, 0.5) is 15.8 Å². The van der Waals surface area contributed by atoms with Gasteiger partial charge in [-0.25, -0.2) is 4.39 Å². The summed E-state index contributed by atoms with van der Waals surface area (Å²) in [6.45, 7) is -0.448. The fraction of sp³-hybridized carbons (Fsp3) is 0.0769. The van der Waals surface area contributed by atoms with Crippen LogP contribution in [0.2, 0.25) is 0 Å². The highest BCUT2D eigenvalue weighted by atomic mass is 19.1. The van der Waals surface area contributed by atoms with Crippen LogP contribution < -0.4 is 5.32 Å². The molecule has 2 rings (SSSR count). The molecule has 1 N–H and O–H groups in total. The molecule has 76 valence electrons. The molecule has 0 heterocycles. The summed E-state index contributed by atoms with van der Waals surface area (Å²) < 4.78 is 12.6. The summed E-state index contributed by atoms with van der Waals surface area (Å²) in [5.41, 5.74) is 2.48. The first-order chi connectivity index (χ1) is 7.40. The second-order valence-corrected chi connectivity index (χ2v) is 3.28. The van der Waals surface area contributed by atoms with Crippen molar-refractivity contribution in [3.63, 3.8) is 0 Å². The van der Waals surface area contributed by atoms with Gasteiger partial charge in [0.15, 0.2) is 0 Å². The van der Waals surface area contributed by atoms with Gasteiger partial charge in [-0.1, -0.05) is 36.4 Å². The number of hydrogen-bond acceptors (Lipinski definition) is 1. The lowest BCUT2D eigenvalue weighted by atomic mass is 10.2. The van der Waals surface area contributed by atoms with Gasteiger partial charge in [-0.3, -0.25) is 0 Å². The minimum atomic E-state index is -0.448. The second kappa shape index (κ2) is 4.60. The number of hydrogen-bond donors (Lipinski definition) is 1. The average molecular weight is 201 g/mol. The van der Waals surface area contributed by atoms with Crippen LogP contribution >= 0.6 is 0 Å². The monoisotopic (exact) mass is 201 g/mol. The van der Waals surface area contributed by atoms with E-state index >= 15 is 0 Å². The lowest BCUT2D eigenvalue weighted by molar-refractivity contribution is 0.486. The highest BCUT2D eigenvalue weighted by Crippen LogP contribution is 2.20. The molecular formula is C13H12FN. The van der Waals surface area contributed by atoms with Gasteiger partial charge in [-0.05, 0) is 18.2 Å². The van der Waals surface area contributed by atoms with Crippen LogP contribution in [-0.2, 0) is 6.67 Å². The summed E-state index contributed by atoms with van der Waals surface area (Å²) in [5, 5.41) is 3.18. The van der Waals surface area contributed by atoms with Crippen molar-refractivity contribution >= 4 is 11.4 Å². The zero-order chi connectivity index (χ0) is 10.5. The minimum absolute atomic E-state index is 0.448. The van der Waals surface area contributed by atoms with E-state index in [0.29, 0.717) is 5.56 Å². The van der Waals surface area contributed by atoms with Crippen molar-refractivity contribution in [1.82, 2.24) is 0 Å². The molecule has 2 heteroatoms. The van der Waals surface area contributed by atoms with Crippen molar-refractivity contribution in [3.8, 4) is 0 Å². The van der Waals surface area contributed by atoms with Gasteiger partial charge < -0.3 is 5.32 Å². The van der Waals surface area contributed by atoms with E-state index in [4.69, 9.17) is 0 Å². The lowest BCUT2D eigenvalue weighted by Crippen LogP contribution is -1.93. The molecule has 2 aromatic rings. The molecule has 0 saturated carbocycles. The Kier molecular flexibility index (Phi) is 2.98. The normalized spacial score (nSPS) is 9.93. The van der Waals surface area contributed by atoms with Crippen molar-refractivity contribution in [2.24, 2.45) is 0 Å². The van der Waals surface area contributed by atoms with E-state index in [-0.39, 0.29) is 0 Å². The minimum Gasteiger partial charge on any atom is -0.355 e. The SMILES string of the molecule is FCc1ccccc1Nc1ccccc1. The summed E-state index contributed by atoms with van der Waals surface area (Å²) in [4.78, 5) is 0. The summed E-state index contributed by atoms with van der Waals surface area (Å²) in [6.07, 6.45) is 0. The van der Waals surface area contributed by atoms with Crippen molar-refractivity contribution < 1.29 is 4.39 Å². The molecule has 0 bridgehead atoms. The smallest absolute Gasteiger partial charge is 0.117 e. The van der Waals surface area contributed by atoms with Crippen LogP contribution in [0, 0.1) is 0 Å². The fourth-order valence-corrected chi connectivity index (χ4v) is 1.44. The average Bonchev–Trinajstić information content (AvgIpc) is 2.31. The van der Waals surface area contributed by atoms with Gasteiger partial charge >= 0.3 is 0 Å². The van der Waals surface area contributed by atoms with Gasteiger partial charge in [-0.2, -0.15) is 0 Å². The quantitative estimate of drug-likeness (QED) is 0.794. The molecule has 0 amide bonds. The van der Waals surface area contributed by atoms with Gasteiger partial charge in [0.2, 0.25) is 0 Å². The molecular weight excluding hydrogens is 189 g/mol. The number of benzene rings is 2. The van der Waals surface area contributed by atoms with E-state index in [2.05, 4.69) is 5.32 Å². The first-order valence-corrected chi connectivity index (χ1v) is 4.86. The fourth-order valence-electron chi connectivity index (χ4n) is 1.44. The van der Waals surface area contributed by atoms with E-state index in [0.717, 1.165) is 11.4 Å². The topological polar surface area (TPSA) is 12.0 Å². The Morgan fingerprint density at radius 1 is 0.867 bits per heavy atom. The largest absolute Gasteiger partial charge is 0.355 e. The van der Waals surface area contributed by atoms with Crippen LogP contribution in [0.3, 0.4) is 0 Å². The number of para-hydroxylation sites is 2. The number of alkyl halides is 1. The summed E-state index contributed by atoms with van der Waals surface area (Å²) in [5.74, 6) is 0. The Morgan fingerprint density at radius 2 is 1.53 bits per heavy atom. The molecule has 0 unspecified atom stereocenters. The number of rotatable bonds is 3. The van der Waals surface area contributed by atoms with Crippen LogP contribution in [0.1, 0.15) is 5.56 Å². The molecule has 2 aromatic carbocycles. The van der Waals surface area contributed by atoms with E-state index in [1.807, 2.05) is 48.5 Å². The highest BCUT2D eigenvalue weighted by Gasteiger charge is 2.00. The van der Waals surface area contributed by atoms with E-state index < -0.39 is 6.67 Å². The predicted octanol–water partition coefficient (Wildman–Crippen LogP) is 3.90. The third-order valence-electron chi connectivity index (χ3n) is 2.21. The van der Waals surface area contributed by atoms with Crippen molar-refractivity contribution in [2.75, 3.05) is 5.32 Å². The molecule has 0 saturated heterocycles. The van der Waals surface area contributed by atoms with Gasteiger partial charge in [0.25, 0.3) is 0 Å². The first-order valence-electron chi connectivity index (χ1n) is 4.86.